The van der Waals surface area contributed by atoms with Crippen LogP contribution in [0.3, 0.4) is 0 Å². The summed E-state index contributed by atoms with van der Waals surface area (Å²) in [7, 11) is 0. The standard InChI is InChI=1S/C51H33N5.C45H29N5/c1-3-14-34(15-4-1)35-26-28-36(29-27-35)49-52-50(54-51(53-49)56-46-24-11-7-20-41(46)42-21-8-12-25-47(42)56)39-17-13-16-37(32-39)38-30-31-48-44(33-38)43-22-9-10-23-45(43)55(48)40-18-5-2-6-19-40;1-3-14-30(15-4-1)32-18-13-19-34(28-32)43-46-44(49-39-23-10-7-20-35(39)36-21-8-11-24-40(36)49)48-45(47-43)50-41-25-12-9-22-37(41)38-29-33(26-27-42(38)50)31-16-5-2-6-17-31/h1-33H;1-29H. The molecule has 10 heteroatoms. The van der Waals surface area contributed by atoms with Crippen molar-refractivity contribution in [3.05, 3.63) is 376 Å². The quantitative estimate of drug-likeness (QED) is 0.128. The van der Waals surface area contributed by atoms with Crippen molar-refractivity contribution >= 4 is 87.2 Å². The lowest BCUT2D eigenvalue weighted by Crippen LogP contribution is -2.10. The summed E-state index contributed by atoms with van der Waals surface area (Å²) in [5, 5.41) is 9.35. The predicted octanol–water partition coefficient (Wildman–Crippen LogP) is 23.8. The monoisotopic (exact) mass is 1350 g/mol. The van der Waals surface area contributed by atoms with E-state index in [2.05, 4.69) is 382 Å². The summed E-state index contributed by atoms with van der Waals surface area (Å²) in [6.45, 7) is 0. The Balaban J connectivity index is 0.000000141. The summed E-state index contributed by atoms with van der Waals surface area (Å²) >= 11 is 0. The second kappa shape index (κ2) is 25.8. The van der Waals surface area contributed by atoms with Crippen molar-refractivity contribution in [1.29, 1.82) is 0 Å². The number of rotatable bonds is 11. The first-order valence-electron chi connectivity index (χ1n) is 35.7. The zero-order valence-electron chi connectivity index (χ0n) is 57.3. The van der Waals surface area contributed by atoms with E-state index in [1.54, 1.807) is 0 Å². The van der Waals surface area contributed by atoms with E-state index in [0.29, 0.717) is 35.3 Å². The Morgan fingerprint density at radius 1 is 0.142 bits per heavy atom. The zero-order valence-corrected chi connectivity index (χ0v) is 57.3. The highest BCUT2D eigenvalue weighted by atomic mass is 15.3. The summed E-state index contributed by atoms with van der Waals surface area (Å²) in [6.07, 6.45) is 0. The molecule has 21 rings (SSSR count). The van der Waals surface area contributed by atoms with Crippen molar-refractivity contribution in [2.75, 3.05) is 0 Å². The van der Waals surface area contributed by atoms with Crippen molar-refractivity contribution in [1.82, 2.24) is 48.2 Å². The number of para-hydroxylation sites is 7. The van der Waals surface area contributed by atoms with Gasteiger partial charge in [0.2, 0.25) is 17.8 Å². The Kier molecular flexibility index (Phi) is 15.0. The molecule has 15 aromatic carbocycles. The minimum atomic E-state index is 0.565. The average molecular weight is 1360 g/mol. The molecule has 106 heavy (non-hydrogen) atoms. The normalized spacial score (nSPS) is 11.6. The van der Waals surface area contributed by atoms with Crippen LogP contribution in [0.2, 0.25) is 0 Å². The van der Waals surface area contributed by atoms with Crippen LogP contribution in [0.15, 0.2) is 376 Å². The number of fused-ring (bicyclic) bond motifs is 12. The highest BCUT2D eigenvalue weighted by Gasteiger charge is 2.24. The molecule has 0 radical (unpaired) electrons. The zero-order chi connectivity index (χ0) is 70.0. The first-order chi connectivity index (χ1) is 52.6. The fourth-order valence-electron chi connectivity index (χ4n) is 15.4. The van der Waals surface area contributed by atoms with Crippen molar-refractivity contribution in [3.8, 4) is 102 Å². The molecule has 0 unspecified atom stereocenters. The highest BCUT2D eigenvalue weighted by molar-refractivity contribution is 6.13. The van der Waals surface area contributed by atoms with E-state index in [0.717, 1.165) is 116 Å². The van der Waals surface area contributed by atoms with E-state index >= 15 is 0 Å². The van der Waals surface area contributed by atoms with Crippen LogP contribution in [0, 0.1) is 0 Å². The van der Waals surface area contributed by atoms with Gasteiger partial charge in [0.1, 0.15) is 0 Å². The van der Waals surface area contributed by atoms with E-state index in [-0.39, 0.29) is 0 Å². The van der Waals surface area contributed by atoms with Gasteiger partial charge in [0, 0.05) is 65.5 Å². The van der Waals surface area contributed by atoms with Crippen molar-refractivity contribution in [2.24, 2.45) is 0 Å². The van der Waals surface area contributed by atoms with Gasteiger partial charge in [-0.1, -0.05) is 291 Å². The van der Waals surface area contributed by atoms with E-state index < -0.39 is 0 Å². The molecular formula is C96H62N10. The maximum atomic E-state index is 5.31. The lowest BCUT2D eigenvalue weighted by molar-refractivity contribution is 0.893. The van der Waals surface area contributed by atoms with Crippen LogP contribution < -0.4 is 0 Å². The minimum absolute atomic E-state index is 0.565. The lowest BCUT2D eigenvalue weighted by Gasteiger charge is -2.13. The van der Waals surface area contributed by atoms with Gasteiger partial charge in [-0.2, -0.15) is 24.9 Å². The van der Waals surface area contributed by atoms with Gasteiger partial charge in [-0.05, 0) is 129 Å². The molecule has 496 valence electrons. The second-order valence-corrected chi connectivity index (χ2v) is 26.6. The number of benzene rings is 15. The van der Waals surface area contributed by atoms with Crippen LogP contribution in [-0.2, 0) is 0 Å². The average Bonchev–Trinajstić information content (AvgIpc) is 1.63. The number of nitrogens with zero attached hydrogens (tertiary/aromatic N) is 10. The summed E-state index contributed by atoms with van der Waals surface area (Å²) in [5.74, 6) is 3.55. The molecule has 0 amide bonds. The molecule has 6 aromatic heterocycles. The van der Waals surface area contributed by atoms with Crippen LogP contribution in [0.25, 0.3) is 189 Å². The molecule has 0 aliphatic carbocycles. The molecule has 0 N–H and O–H groups in total. The molecule has 0 saturated heterocycles. The van der Waals surface area contributed by atoms with Crippen LogP contribution in [0.5, 0.6) is 0 Å². The van der Waals surface area contributed by atoms with Crippen molar-refractivity contribution < 1.29 is 0 Å². The van der Waals surface area contributed by atoms with Gasteiger partial charge in [-0.3, -0.25) is 13.7 Å². The number of hydrogen-bond donors (Lipinski definition) is 0. The number of hydrogen-bond acceptors (Lipinski definition) is 6. The topological polar surface area (TPSA) is 97.1 Å². The molecule has 21 aromatic rings. The van der Waals surface area contributed by atoms with Crippen LogP contribution in [0.1, 0.15) is 0 Å². The van der Waals surface area contributed by atoms with E-state index in [4.69, 9.17) is 29.9 Å². The molecule has 0 saturated carbocycles. The maximum Gasteiger partial charge on any atom is 0.240 e. The molecular weight excluding hydrogens is 1290 g/mol. The third-order valence-electron chi connectivity index (χ3n) is 20.4. The predicted molar refractivity (Wildman–Crippen MR) is 435 cm³/mol. The second-order valence-electron chi connectivity index (χ2n) is 26.6. The van der Waals surface area contributed by atoms with Crippen molar-refractivity contribution in [3.63, 3.8) is 0 Å². The van der Waals surface area contributed by atoms with Gasteiger partial charge in [-0.15, -0.1) is 0 Å². The molecule has 6 heterocycles. The fourth-order valence-corrected chi connectivity index (χ4v) is 15.4. The Bertz CT molecular complexity index is 6830. The van der Waals surface area contributed by atoms with Gasteiger partial charge in [0.15, 0.2) is 17.5 Å². The molecule has 10 nitrogen and oxygen atoms in total. The molecule has 0 aliphatic heterocycles. The van der Waals surface area contributed by atoms with E-state index in [9.17, 15) is 0 Å². The van der Waals surface area contributed by atoms with Gasteiger partial charge < -0.3 is 4.57 Å². The van der Waals surface area contributed by atoms with Crippen LogP contribution in [-0.4, -0.2) is 48.2 Å². The fraction of sp³-hybridized carbons (Fsp3) is 0. The third kappa shape index (κ3) is 10.7. The summed E-state index contributed by atoms with van der Waals surface area (Å²) in [4.78, 5) is 31.4. The van der Waals surface area contributed by atoms with Gasteiger partial charge >= 0.3 is 0 Å². The van der Waals surface area contributed by atoms with E-state index in [1.165, 1.54) is 38.5 Å². The first kappa shape index (κ1) is 61.4. The first-order valence-corrected chi connectivity index (χ1v) is 35.7. The SMILES string of the molecule is c1ccc(-c2ccc(-c3nc(-c4cccc(-c5ccc6c(c5)c5ccccc5n6-c5ccccc5)c4)nc(-n4c5ccccc5c5ccccc54)n3)cc2)cc1.c1ccc(-c2cccc(-c3nc(-n4c5ccccc5c5ccccc54)nc(-n4c5ccccc5c5cc(-c6ccccc6)ccc54)n3)c2)cc1. The maximum absolute atomic E-state index is 5.31. The highest BCUT2D eigenvalue weighted by Crippen LogP contribution is 2.41. The Morgan fingerprint density at radius 2 is 0.387 bits per heavy atom. The summed E-state index contributed by atoms with van der Waals surface area (Å²) in [6, 6.07) is 132. The van der Waals surface area contributed by atoms with E-state index in [1.807, 2.05) is 12.1 Å². The third-order valence-corrected chi connectivity index (χ3v) is 20.4. The largest absolute Gasteiger partial charge is 0.309 e. The summed E-state index contributed by atoms with van der Waals surface area (Å²) in [5.41, 5.74) is 21.7. The van der Waals surface area contributed by atoms with Crippen LogP contribution >= 0.6 is 0 Å². The van der Waals surface area contributed by atoms with Crippen LogP contribution in [0.4, 0.5) is 0 Å². The summed E-state index contributed by atoms with van der Waals surface area (Å²) < 4.78 is 8.86. The molecule has 0 bridgehead atoms. The number of aromatic nitrogens is 10. The van der Waals surface area contributed by atoms with Crippen molar-refractivity contribution in [2.45, 2.75) is 0 Å². The smallest absolute Gasteiger partial charge is 0.240 e. The Hall–Kier alpha value is -14.5. The minimum Gasteiger partial charge on any atom is -0.309 e. The Labute approximate surface area is 610 Å². The molecule has 0 atom stereocenters. The Morgan fingerprint density at radius 3 is 0.811 bits per heavy atom. The van der Waals surface area contributed by atoms with Gasteiger partial charge in [-0.25, -0.2) is 4.98 Å². The molecule has 0 aliphatic rings. The lowest BCUT2D eigenvalue weighted by atomic mass is 10.0. The van der Waals surface area contributed by atoms with Gasteiger partial charge in [0.25, 0.3) is 0 Å². The molecule has 0 spiro atoms. The van der Waals surface area contributed by atoms with Gasteiger partial charge in [0.05, 0.1) is 44.1 Å². The molecule has 0 fully saturated rings.